The predicted molar refractivity (Wildman–Crippen MR) is 116 cm³/mol. The minimum atomic E-state index is -0.799. The maximum absolute atomic E-state index is 13.0. The number of anilines is 1. The molecule has 1 atom stereocenters. The van der Waals surface area contributed by atoms with Crippen LogP contribution >= 0.6 is 11.6 Å². The Kier molecular flexibility index (Phi) is 5.71. The van der Waals surface area contributed by atoms with E-state index >= 15 is 0 Å². The van der Waals surface area contributed by atoms with Crippen LogP contribution in [0.2, 0.25) is 5.02 Å². The average Bonchev–Trinajstić information content (AvgIpc) is 3.17. The number of aromatic nitrogens is 5. The lowest BCUT2D eigenvalue weighted by atomic mass is 10.1. The molecule has 9 nitrogen and oxygen atoms in total. The first-order valence-corrected chi connectivity index (χ1v) is 9.98. The van der Waals surface area contributed by atoms with Crippen molar-refractivity contribution in [1.82, 2.24) is 24.7 Å². The topological polar surface area (TPSA) is 110 Å². The Bertz CT molecular complexity index is 1280. The Hall–Kier alpha value is -3.30. The molecule has 0 aliphatic carbocycles. The molecule has 31 heavy (non-hydrogen) atoms. The highest BCUT2D eigenvalue weighted by atomic mass is 35.5. The molecule has 4 aromatic rings. The van der Waals surface area contributed by atoms with Gasteiger partial charge in [0.05, 0.1) is 11.5 Å². The van der Waals surface area contributed by atoms with Crippen molar-refractivity contribution < 1.29 is 9.63 Å². The van der Waals surface area contributed by atoms with Gasteiger partial charge in [-0.05, 0) is 36.2 Å². The standard InChI is InChI=1S/C21H21ClN6O3/c1-12-8-17(27(2)3)25-20-19(12)21(30)28(11-23-20)10-18-24-16(26-31-18)9-15(29)13-4-6-14(22)7-5-13/h4-8,11,15,29H,9-10H2,1-3H3. The van der Waals surface area contributed by atoms with Crippen molar-refractivity contribution in [2.24, 2.45) is 0 Å². The Balaban J connectivity index is 1.55. The van der Waals surface area contributed by atoms with Crippen LogP contribution in [-0.4, -0.2) is 43.9 Å². The highest BCUT2D eigenvalue weighted by Crippen LogP contribution is 2.20. The molecule has 0 saturated carbocycles. The summed E-state index contributed by atoms with van der Waals surface area (Å²) in [5.74, 6) is 1.32. The third-order valence-electron chi connectivity index (χ3n) is 4.88. The molecule has 0 aliphatic rings. The second-order valence-electron chi connectivity index (χ2n) is 7.44. The molecule has 0 spiro atoms. The van der Waals surface area contributed by atoms with Gasteiger partial charge in [0.2, 0.25) is 5.89 Å². The summed E-state index contributed by atoms with van der Waals surface area (Å²) in [6.07, 6.45) is 0.794. The zero-order chi connectivity index (χ0) is 22.1. The van der Waals surface area contributed by atoms with Gasteiger partial charge in [0.15, 0.2) is 11.5 Å². The molecule has 4 rings (SSSR count). The van der Waals surface area contributed by atoms with E-state index in [2.05, 4.69) is 20.1 Å². The number of aryl methyl sites for hydroxylation is 1. The van der Waals surface area contributed by atoms with Crippen LogP contribution in [0.15, 0.2) is 46.0 Å². The van der Waals surface area contributed by atoms with Gasteiger partial charge in [-0.1, -0.05) is 28.9 Å². The molecule has 0 aliphatic heterocycles. The number of fused-ring (bicyclic) bond motifs is 1. The summed E-state index contributed by atoms with van der Waals surface area (Å²) in [6.45, 7) is 1.92. The van der Waals surface area contributed by atoms with E-state index in [1.165, 1.54) is 10.9 Å². The number of pyridine rings is 1. The van der Waals surface area contributed by atoms with Crippen LogP contribution in [0.25, 0.3) is 11.0 Å². The van der Waals surface area contributed by atoms with Crippen LogP contribution in [-0.2, 0) is 13.0 Å². The molecular weight excluding hydrogens is 420 g/mol. The van der Waals surface area contributed by atoms with Crippen LogP contribution in [0.4, 0.5) is 5.82 Å². The number of hydrogen-bond acceptors (Lipinski definition) is 8. The maximum atomic E-state index is 13.0. The zero-order valence-electron chi connectivity index (χ0n) is 17.3. The molecule has 160 valence electrons. The molecule has 3 aromatic heterocycles. The molecule has 1 unspecified atom stereocenters. The number of halogens is 1. The fourth-order valence-electron chi connectivity index (χ4n) is 3.22. The summed E-state index contributed by atoms with van der Waals surface area (Å²) in [7, 11) is 3.76. The molecule has 1 N–H and O–H groups in total. The third kappa shape index (κ3) is 4.42. The van der Waals surface area contributed by atoms with Crippen LogP contribution in [0.3, 0.4) is 0 Å². The van der Waals surface area contributed by atoms with Gasteiger partial charge >= 0.3 is 0 Å². The second kappa shape index (κ2) is 8.44. The van der Waals surface area contributed by atoms with E-state index in [0.29, 0.717) is 27.4 Å². The number of aliphatic hydroxyl groups excluding tert-OH is 1. The van der Waals surface area contributed by atoms with E-state index in [1.54, 1.807) is 24.3 Å². The van der Waals surface area contributed by atoms with Gasteiger partial charge in [0.25, 0.3) is 5.56 Å². The quantitative estimate of drug-likeness (QED) is 0.487. The van der Waals surface area contributed by atoms with Crippen molar-refractivity contribution in [2.75, 3.05) is 19.0 Å². The van der Waals surface area contributed by atoms with E-state index < -0.39 is 6.10 Å². The van der Waals surface area contributed by atoms with E-state index in [9.17, 15) is 9.90 Å². The minimum Gasteiger partial charge on any atom is -0.388 e. The molecule has 1 aromatic carbocycles. The number of rotatable bonds is 6. The summed E-state index contributed by atoms with van der Waals surface area (Å²) in [4.78, 5) is 27.9. The van der Waals surface area contributed by atoms with Gasteiger partial charge in [-0.2, -0.15) is 4.98 Å². The maximum Gasteiger partial charge on any atom is 0.263 e. The fourth-order valence-corrected chi connectivity index (χ4v) is 3.34. The van der Waals surface area contributed by atoms with Gasteiger partial charge in [0.1, 0.15) is 18.7 Å². The van der Waals surface area contributed by atoms with Crippen molar-refractivity contribution in [1.29, 1.82) is 0 Å². The molecule has 0 amide bonds. The van der Waals surface area contributed by atoms with Gasteiger partial charge in [-0.25, -0.2) is 9.97 Å². The van der Waals surface area contributed by atoms with Gasteiger partial charge in [-0.3, -0.25) is 9.36 Å². The lowest BCUT2D eigenvalue weighted by Crippen LogP contribution is -2.23. The Morgan fingerprint density at radius 1 is 1.23 bits per heavy atom. The third-order valence-corrected chi connectivity index (χ3v) is 5.13. The highest BCUT2D eigenvalue weighted by molar-refractivity contribution is 6.30. The summed E-state index contributed by atoms with van der Waals surface area (Å²) in [6, 6.07) is 8.75. The largest absolute Gasteiger partial charge is 0.388 e. The number of hydrogen-bond donors (Lipinski definition) is 1. The first kappa shape index (κ1) is 21.0. The summed E-state index contributed by atoms with van der Waals surface area (Å²) in [5.41, 5.74) is 1.65. The first-order valence-electron chi connectivity index (χ1n) is 9.61. The Morgan fingerprint density at radius 2 is 1.97 bits per heavy atom. The van der Waals surface area contributed by atoms with E-state index in [0.717, 1.165) is 11.4 Å². The van der Waals surface area contributed by atoms with Gasteiger partial charge in [-0.15, -0.1) is 0 Å². The van der Waals surface area contributed by atoms with E-state index in [-0.39, 0.29) is 24.4 Å². The van der Waals surface area contributed by atoms with E-state index in [1.807, 2.05) is 32.0 Å². The van der Waals surface area contributed by atoms with Crippen molar-refractivity contribution in [3.05, 3.63) is 74.9 Å². The Morgan fingerprint density at radius 3 is 2.68 bits per heavy atom. The summed E-state index contributed by atoms with van der Waals surface area (Å²) in [5, 5.41) is 15.3. The zero-order valence-corrected chi connectivity index (χ0v) is 18.0. The van der Waals surface area contributed by atoms with Crippen LogP contribution in [0.5, 0.6) is 0 Å². The normalized spacial score (nSPS) is 12.3. The number of nitrogens with zero attached hydrogens (tertiary/aromatic N) is 6. The second-order valence-corrected chi connectivity index (χ2v) is 7.88. The van der Waals surface area contributed by atoms with Crippen molar-refractivity contribution in [3.63, 3.8) is 0 Å². The minimum absolute atomic E-state index is 0.0701. The first-order chi connectivity index (χ1) is 14.8. The molecule has 0 bridgehead atoms. The van der Waals surface area contributed by atoms with Crippen LogP contribution in [0.1, 0.15) is 28.9 Å². The highest BCUT2D eigenvalue weighted by Gasteiger charge is 2.16. The lowest BCUT2D eigenvalue weighted by molar-refractivity contribution is 0.174. The SMILES string of the molecule is Cc1cc(N(C)C)nc2ncn(Cc3nc(CC(O)c4ccc(Cl)cc4)no3)c(=O)c12. The number of benzene rings is 1. The lowest BCUT2D eigenvalue weighted by Gasteiger charge is -2.13. The predicted octanol–water partition coefficient (Wildman–Crippen LogP) is 2.53. The van der Waals surface area contributed by atoms with Crippen molar-refractivity contribution in [3.8, 4) is 0 Å². The molecule has 0 radical (unpaired) electrons. The summed E-state index contributed by atoms with van der Waals surface area (Å²) < 4.78 is 6.67. The van der Waals surface area contributed by atoms with Crippen LogP contribution < -0.4 is 10.5 Å². The Labute approximate surface area is 182 Å². The van der Waals surface area contributed by atoms with Crippen molar-refractivity contribution in [2.45, 2.75) is 26.0 Å². The van der Waals surface area contributed by atoms with Gasteiger partial charge < -0.3 is 14.5 Å². The fraction of sp³-hybridized carbons (Fsp3) is 0.286. The summed E-state index contributed by atoms with van der Waals surface area (Å²) >= 11 is 5.88. The molecular formula is C21H21ClN6O3. The van der Waals surface area contributed by atoms with E-state index in [4.69, 9.17) is 16.1 Å². The molecule has 10 heteroatoms. The molecule has 3 heterocycles. The number of aliphatic hydroxyl groups is 1. The average molecular weight is 441 g/mol. The van der Waals surface area contributed by atoms with Crippen LogP contribution in [0, 0.1) is 6.92 Å². The molecule has 0 saturated heterocycles. The molecule has 0 fully saturated rings. The smallest absolute Gasteiger partial charge is 0.263 e. The van der Waals surface area contributed by atoms with Gasteiger partial charge in [0, 0.05) is 25.5 Å². The monoisotopic (exact) mass is 440 g/mol. The van der Waals surface area contributed by atoms with Crippen molar-refractivity contribution >= 4 is 28.5 Å².